The highest BCUT2D eigenvalue weighted by atomic mass is 127. The largest absolute Gasteiger partial charge is 0.382 e. The van der Waals surface area contributed by atoms with Crippen molar-refractivity contribution in [2.24, 2.45) is 4.99 Å². The molecule has 0 bridgehead atoms. The van der Waals surface area contributed by atoms with Crippen molar-refractivity contribution in [3.05, 3.63) is 11.6 Å². The first-order chi connectivity index (χ1) is 13.0. The molecule has 1 aromatic heterocycles. The Labute approximate surface area is 184 Å². The van der Waals surface area contributed by atoms with Crippen LogP contribution in [0.4, 0.5) is 0 Å². The number of aryl methyl sites for hydroxylation is 2. The number of nitrogens with zero attached hydrogens (tertiary/aromatic N) is 5. The molecule has 1 unspecified atom stereocenters. The molecule has 0 saturated carbocycles. The molecule has 9 nitrogen and oxygen atoms in total. The normalized spacial score (nSPS) is 16.1. The van der Waals surface area contributed by atoms with Crippen LogP contribution >= 0.6 is 24.0 Å². The van der Waals surface area contributed by atoms with Crippen LogP contribution in [0.5, 0.6) is 0 Å². The summed E-state index contributed by atoms with van der Waals surface area (Å²) < 4.78 is 7.35. The average Bonchev–Trinajstić information content (AvgIpc) is 3.07. The molecule has 0 aromatic carbocycles. The maximum atomic E-state index is 11.9. The Kier molecular flexibility index (Phi) is 11.4. The number of carbonyl (C=O) groups excluding carboxylic acids is 1. The molecule has 10 heteroatoms. The van der Waals surface area contributed by atoms with E-state index in [2.05, 4.69) is 32.6 Å². The predicted molar refractivity (Wildman–Crippen MR) is 120 cm³/mol. The summed E-state index contributed by atoms with van der Waals surface area (Å²) in [6.45, 7) is 7.09. The molecule has 2 rings (SSSR count). The number of likely N-dealkylation sites (N-methyl/N-ethyl adjacent to an activating group) is 1. The van der Waals surface area contributed by atoms with Crippen molar-refractivity contribution in [2.45, 2.75) is 52.1 Å². The minimum atomic E-state index is -0.0276. The number of aromatic nitrogens is 3. The molecule has 1 aliphatic rings. The average molecular weight is 507 g/mol. The van der Waals surface area contributed by atoms with E-state index in [-0.39, 0.29) is 42.5 Å². The quantitative estimate of drug-likeness (QED) is 0.223. The van der Waals surface area contributed by atoms with Crippen LogP contribution in [0.1, 0.15) is 38.3 Å². The van der Waals surface area contributed by atoms with E-state index < -0.39 is 0 Å². The number of amides is 1. The molecule has 28 heavy (non-hydrogen) atoms. The molecule has 1 aliphatic heterocycles. The minimum Gasteiger partial charge on any atom is -0.382 e. The molecule has 1 amide bonds. The molecular weight excluding hydrogens is 473 g/mol. The third-order valence-electron chi connectivity index (χ3n) is 4.39. The number of hydrogen-bond acceptors (Lipinski definition) is 5. The lowest BCUT2D eigenvalue weighted by Crippen LogP contribution is -2.47. The van der Waals surface area contributed by atoms with Crippen LogP contribution < -0.4 is 10.6 Å². The number of carbonyl (C=O) groups is 1. The Morgan fingerprint density at radius 2 is 2.18 bits per heavy atom. The van der Waals surface area contributed by atoms with E-state index in [9.17, 15) is 4.79 Å². The summed E-state index contributed by atoms with van der Waals surface area (Å²) in [5.74, 6) is 2.58. The number of aliphatic imine (C=N–C) groups is 1. The second-order valence-electron chi connectivity index (χ2n) is 6.79. The van der Waals surface area contributed by atoms with Crippen LogP contribution in [0, 0.1) is 0 Å². The molecule has 0 radical (unpaired) electrons. The first-order valence-electron chi connectivity index (χ1n) is 9.78. The fourth-order valence-electron chi connectivity index (χ4n) is 2.79. The van der Waals surface area contributed by atoms with Gasteiger partial charge in [0.15, 0.2) is 11.8 Å². The van der Waals surface area contributed by atoms with Crippen molar-refractivity contribution in [2.75, 3.05) is 40.4 Å². The van der Waals surface area contributed by atoms with Crippen molar-refractivity contribution < 1.29 is 9.53 Å². The zero-order valence-corrected chi connectivity index (χ0v) is 19.7. The Bertz CT molecular complexity index is 633. The monoisotopic (exact) mass is 507 g/mol. The standard InChI is InChI=1S/C18H33N7O2.HI/c1-5-15-22-16-9-8-14(13-25(16)23-15)21-18(19-10-7-11-27-6-2)20-12-17(26)24(3)4;/h14H,5-13H2,1-4H3,(H2,19,20,21);1H. The number of fused-ring (bicyclic) bond motifs is 1. The summed E-state index contributed by atoms with van der Waals surface area (Å²) in [5.41, 5.74) is 0. The van der Waals surface area contributed by atoms with Crippen LogP contribution in [-0.2, 0) is 28.9 Å². The van der Waals surface area contributed by atoms with E-state index >= 15 is 0 Å². The van der Waals surface area contributed by atoms with Gasteiger partial charge in [-0.05, 0) is 19.8 Å². The highest BCUT2D eigenvalue weighted by Crippen LogP contribution is 2.13. The molecule has 0 spiro atoms. The SMILES string of the molecule is CCOCCCNC(=NCC(=O)N(C)C)NC1CCc2nc(CC)nn2C1.I. The van der Waals surface area contributed by atoms with Gasteiger partial charge in [0.05, 0.1) is 6.54 Å². The lowest BCUT2D eigenvalue weighted by molar-refractivity contribution is -0.127. The molecule has 0 fully saturated rings. The summed E-state index contributed by atoms with van der Waals surface area (Å²) in [5, 5.41) is 11.3. The molecule has 0 aliphatic carbocycles. The van der Waals surface area contributed by atoms with Crippen molar-refractivity contribution in [3.8, 4) is 0 Å². The minimum absolute atomic E-state index is 0. The summed E-state index contributed by atoms with van der Waals surface area (Å²) in [6, 6.07) is 0.205. The third-order valence-corrected chi connectivity index (χ3v) is 4.39. The Morgan fingerprint density at radius 3 is 2.86 bits per heavy atom. The predicted octanol–water partition coefficient (Wildman–Crippen LogP) is 0.823. The van der Waals surface area contributed by atoms with Crippen molar-refractivity contribution in [1.82, 2.24) is 30.3 Å². The van der Waals surface area contributed by atoms with Gasteiger partial charge in [-0.25, -0.2) is 14.7 Å². The zero-order chi connectivity index (χ0) is 19.6. The fraction of sp³-hybridized carbons (Fsp3) is 0.778. The van der Waals surface area contributed by atoms with E-state index in [1.54, 1.807) is 19.0 Å². The lowest BCUT2D eigenvalue weighted by Gasteiger charge is -2.25. The van der Waals surface area contributed by atoms with E-state index in [4.69, 9.17) is 4.74 Å². The molecule has 2 heterocycles. The van der Waals surface area contributed by atoms with Gasteiger partial charge < -0.3 is 20.3 Å². The fourth-order valence-corrected chi connectivity index (χ4v) is 2.79. The van der Waals surface area contributed by atoms with Crippen LogP contribution in [-0.4, -0.2) is 78.0 Å². The Morgan fingerprint density at radius 1 is 1.39 bits per heavy atom. The lowest BCUT2D eigenvalue weighted by atomic mass is 10.1. The molecule has 1 atom stereocenters. The van der Waals surface area contributed by atoms with Crippen molar-refractivity contribution >= 4 is 35.8 Å². The number of nitrogens with one attached hydrogen (secondary N) is 2. The van der Waals surface area contributed by atoms with Crippen molar-refractivity contribution in [1.29, 1.82) is 0 Å². The zero-order valence-electron chi connectivity index (χ0n) is 17.4. The van der Waals surface area contributed by atoms with Gasteiger partial charge in [0.1, 0.15) is 12.4 Å². The third kappa shape index (κ3) is 7.90. The molecule has 160 valence electrons. The molecule has 1 aromatic rings. The number of ether oxygens (including phenoxy) is 1. The highest BCUT2D eigenvalue weighted by molar-refractivity contribution is 14.0. The first-order valence-corrected chi connectivity index (χ1v) is 9.78. The summed E-state index contributed by atoms with van der Waals surface area (Å²) in [4.78, 5) is 22.4. The van der Waals surface area contributed by atoms with Gasteiger partial charge in [0.2, 0.25) is 5.91 Å². The number of guanidine groups is 1. The van der Waals surface area contributed by atoms with E-state index in [0.29, 0.717) is 12.6 Å². The molecular formula is C18H34IN7O2. The maximum absolute atomic E-state index is 11.9. The van der Waals surface area contributed by atoms with Gasteiger partial charge in [0, 0.05) is 52.7 Å². The van der Waals surface area contributed by atoms with Gasteiger partial charge in [-0.3, -0.25) is 4.79 Å². The second kappa shape index (κ2) is 12.9. The van der Waals surface area contributed by atoms with Crippen molar-refractivity contribution in [3.63, 3.8) is 0 Å². The highest BCUT2D eigenvalue weighted by Gasteiger charge is 2.22. The first kappa shape index (κ1) is 24.6. The summed E-state index contributed by atoms with van der Waals surface area (Å²) >= 11 is 0. The molecule has 0 saturated heterocycles. The summed E-state index contributed by atoms with van der Waals surface area (Å²) in [7, 11) is 3.47. The van der Waals surface area contributed by atoms with Gasteiger partial charge in [-0.1, -0.05) is 6.92 Å². The van der Waals surface area contributed by atoms with Crippen LogP contribution in [0.15, 0.2) is 4.99 Å². The van der Waals surface area contributed by atoms with E-state index in [1.165, 1.54) is 0 Å². The number of hydrogen-bond donors (Lipinski definition) is 2. The van der Waals surface area contributed by atoms with E-state index in [0.717, 1.165) is 57.0 Å². The van der Waals surface area contributed by atoms with E-state index in [1.807, 2.05) is 11.6 Å². The van der Waals surface area contributed by atoms with Gasteiger partial charge >= 0.3 is 0 Å². The number of rotatable bonds is 9. The Hall–Kier alpha value is -1.43. The Balaban J connectivity index is 0.00000392. The summed E-state index contributed by atoms with van der Waals surface area (Å²) in [6.07, 6.45) is 3.58. The van der Waals surface area contributed by atoms with Gasteiger partial charge in [0.25, 0.3) is 0 Å². The smallest absolute Gasteiger partial charge is 0.243 e. The van der Waals surface area contributed by atoms with Crippen LogP contribution in [0.3, 0.4) is 0 Å². The maximum Gasteiger partial charge on any atom is 0.243 e. The van der Waals surface area contributed by atoms with Gasteiger partial charge in [-0.2, -0.15) is 5.10 Å². The van der Waals surface area contributed by atoms with Crippen LogP contribution in [0.2, 0.25) is 0 Å². The van der Waals surface area contributed by atoms with Crippen LogP contribution in [0.25, 0.3) is 0 Å². The topological polar surface area (TPSA) is 96.7 Å². The molecule has 2 N–H and O–H groups in total. The number of halogens is 1. The second-order valence-corrected chi connectivity index (χ2v) is 6.79. The van der Waals surface area contributed by atoms with Gasteiger partial charge in [-0.15, -0.1) is 24.0 Å².